The lowest BCUT2D eigenvalue weighted by atomic mass is 9.86. The van der Waals surface area contributed by atoms with Gasteiger partial charge in [-0.2, -0.15) is 10.5 Å². The van der Waals surface area contributed by atoms with E-state index in [4.69, 9.17) is 14.7 Å². The quantitative estimate of drug-likeness (QED) is 0.512. The van der Waals surface area contributed by atoms with Gasteiger partial charge in [0.25, 0.3) is 0 Å². The van der Waals surface area contributed by atoms with Crippen LogP contribution in [0.4, 0.5) is 4.39 Å². The van der Waals surface area contributed by atoms with Crippen LogP contribution in [0.1, 0.15) is 28.8 Å². The number of methoxy groups -OCH3 is 1. The van der Waals surface area contributed by atoms with Crippen LogP contribution in [0.15, 0.2) is 85.0 Å². The number of aryl methyl sites for hydroxylation is 1. The van der Waals surface area contributed by atoms with Crippen molar-refractivity contribution < 1.29 is 13.9 Å². The highest BCUT2D eigenvalue weighted by Gasteiger charge is 2.40. The largest absolute Gasteiger partial charge is 0.489 e. The Morgan fingerprint density at radius 3 is 2.47 bits per heavy atom. The third-order valence-corrected chi connectivity index (χ3v) is 6.04. The number of rotatable bonds is 7. The van der Waals surface area contributed by atoms with E-state index >= 15 is 4.39 Å². The molecule has 4 rings (SSSR count). The van der Waals surface area contributed by atoms with Crippen LogP contribution in [0, 0.1) is 22.7 Å². The van der Waals surface area contributed by atoms with Crippen LogP contribution >= 0.6 is 0 Å². The van der Waals surface area contributed by atoms with E-state index in [0.29, 0.717) is 22.6 Å². The maximum atomic E-state index is 16.8. The minimum atomic E-state index is -2.03. The first-order chi connectivity index (χ1) is 16.4. The fourth-order valence-corrected chi connectivity index (χ4v) is 4.03. The number of imidazole rings is 1. The number of allylic oxidation sites excluding steroid dienone is 1. The van der Waals surface area contributed by atoms with Crippen molar-refractivity contribution in [2.24, 2.45) is 7.05 Å². The van der Waals surface area contributed by atoms with E-state index in [-0.39, 0.29) is 13.0 Å². The van der Waals surface area contributed by atoms with E-state index in [1.807, 2.05) is 30.3 Å². The molecular formula is C27H23FN4O2. The van der Waals surface area contributed by atoms with Crippen molar-refractivity contribution >= 4 is 5.57 Å². The van der Waals surface area contributed by atoms with Crippen molar-refractivity contribution in [2.75, 3.05) is 13.7 Å². The van der Waals surface area contributed by atoms with Crippen molar-refractivity contribution in [3.05, 3.63) is 107 Å². The summed E-state index contributed by atoms with van der Waals surface area (Å²) in [5.41, 5.74) is -0.441. The first-order valence-electron chi connectivity index (χ1n) is 10.7. The molecule has 6 nitrogen and oxygen atoms in total. The average Bonchev–Trinajstić information content (AvgIpc) is 3.34. The van der Waals surface area contributed by atoms with E-state index in [0.717, 1.165) is 11.1 Å². The number of ether oxygens (including phenoxy) is 2. The molecule has 1 aliphatic rings. The van der Waals surface area contributed by atoms with Crippen LogP contribution in [0.2, 0.25) is 0 Å². The molecule has 0 fully saturated rings. The number of nitriles is 2. The van der Waals surface area contributed by atoms with Gasteiger partial charge < -0.3 is 14.0 Å². The lowest BCUT2D eigenvalue weighted by Gasteiger charge is -2.31. The van der Waals surface area contributed by atoms with Crippen molar-refractivity contribution in [3.8, 4) is 12.1 Å². The molecule has 1 heterocycles. The molecule has 2 aromatic carbocycles. The average molecular weight is 455 g/mol. The van der Waals surface area contributed by atoms with Gasteiger partial charge in [-0.1, -0.05) is 42.5 Å². The monoisotopic (exact) mass is 454 g/mol. The first-order valence-corrected chi connectivity index (χ1v) is 10.7. The number of halogens is 1. The van der Waals surface area contributed by atoms with E-state index in [1.165, 1.54) is 19.6 Å². The van der Waals surface area contributed by atoms with Crippen LogP contribution < -0.4 is 0 Å². The zero-order valence-corrected chi connectivity index (χ0v) is 18.9. The van der Waals surface area contributed by atoms with Gasteiger partial charge in [0.15, 0.2) is 5.60 Å². The van der Waals surface area contributed by atoms with E-state index in [9.17, 15) is 5.26 Å². The van der Waals surface area contributed by atoms with Crippen molar-refractivity contribution in [1.82, 2.24) is 9.55 Å². The Kier molecular flexibility index (Phi) is 6.32. The zero-order chi connectivity index (χ0) is 24.2. The number of hydrogen-bond donors (Lipinski definition) is 0. The Morgan fingerprint density at radius 1 is 1.15 bits per heavy atom. The molecule has 1 aromatic heterocycles. The molecule has 0 spiro atoms. The first kappa shape index (κ1) is 23.0. The molecule has 0 saturated heterocycles. The van der Waals surface area contributed by atoms with Gasteiger partial charge in [0.2, 0.25) is 5.67 Å². The van der Waals surface area contributed by atoms with Crippen LogP contribution in [-0.2, 0) is 22.2 Å². The van der Waals surface area contributed by atoms with E-state index in [1.54, 1.807) is 48.0 Å². The molecule has 7 heteroatoms. The van der Waals surface area contributed by atoms with Gasteiger partial charge >= 0.3 is 0 Å². The summed E-state index contributed by atoms with van der Waals surface area (Å²) in [4.78, 5) is 4.08. The highest BCUT2D eigenvalue weighted by Crippen LogP contribution is 2.39. The number of alkyl halides is 1. The molecule has 2 unspecified atom stereocenters. The molecule has 34 heavy (non-hydrogen) atoms. The second-order valence-corrected chi connectivity index (χ2v) is 8.09. The lowest BCUT2D eigenvalue weighted by molar-refractivity contribution is 0.0665. The predicted octanol–water partition coefficient (Wildman–Crippen LogP) is 4.80. The molecule has 0 N–H and O–H groups in total. The fourth-order valence-electron chi connectivity index (χ4n) is 4.03. The maximum absolute atomic E-state index is 16.8. The molecule has 3 aromatic rings. The van der Waals surface area contributed by atoms with Crippen molar-refractivity contribution in [3.63, 3.8) is 0 Å². The summed E-state index contributed by atoms with van der Waals surface area (Å²) < 4.78 is 30.0. The van der Waals surface area contributed by atoms with Crippen LogP contribution in [-0.4, -0.2) is 28.9 Å². The van der Waals surface area contributed by atoms with Gasteiger partial charge in [-0.15, -0.1) is 0 Å². The zero-order valence-electron chi connectivity index (χ0n) is 18.9. The molecule has 0 saturated carbocycles. The summed E-state index contributed by atoms with van der Waals surface area (Å²) in [6.45, 7) is -0.332. The summed E-state index contributed by atoms with van der Waals surface area (Å²) in [5.74, 6) is 0.465. The van der Waals surface area contributed by atoms with Gasteiger partial charge in [-0.05, 0) is 35.4 Å². The standard InChI is InChI=1S/C27H23FN4O2/c1-32-19-31-16-25(32)27(28,22-10-8-20(15-29)9-11-22)18-34-24-12-13-26(17-30,33-2)14-23(24)21-6-4-3-5-7-21/h3-13,16,19H,14,18H2,1-2H3. The molecule has 0 aliphatic heterocycles. The van der Waals surface area contributed by atoms with E-state index in [2.05, 4.69) is 17.1 Å². The summed E-state index contributed by atoms with van der Waals surface area (Å²) in [6.07, 6.45) is 6.57. The fraction of sp³-hybridized carbons (Fsp3) is 0.222. The number of aromatic nitrogens is 2. The lowest BCUT2D eigenvalue weighted by Crippen LogP contribution is -2.32. The third kappa shape index (κ3) is 4.22. The molecule has 0 radical (unpaired) electrons. The van der Waals surface area contributed by atoms with Crippen LogP contribution in [0.5, 0.6) is 0 Å². The summed E-state index contributed by atoms with van der Waals surface area (Å²) >= 11 is 0. The molecular weight excluding hydrogens is 431 g/mol. The molecule has 1 aliphatic carbocycles. The predicted molar refractivity (Wildman–Crippen MR) is 125 cm³/mol. The van der Waals surface area contributed by atoms with Gasteiger partial charge in [-0.25, -0.2) is 9.37 Å². The molecule has 2 atom stereocenters. The second-order valence-electron chi connectivity index (χ2n) is 8.09. The van der Waals surface area contributed by atoms with Gasteiger partial charge in [0.1, 0.15) is 18.4 Å². The number of benzene rings is 2. The van der Waals surface area contributed by atoms with E-state index < -0.39 is 11.3 Å². The second kappa shape index (κ2) is 9.35. The normalized spacial score (nSPS) is 19.2. The minimum absolute atomic E-state index is 0.262. The van der Waals surface area contributed by atoms with Crippen LogP contribution in [0.25, 0.3) is 5.57 Å². The highest BCUT2D eigenvalue weighted by atomic mass is 19.1. The smallest absolute Gasteiger partial charge is 0.210 e. The van der Waals surface area contributed by atoms with Crippen molar-refractivity contribution in [2.45, 2.75) is 17.7 Å². The SMILES string of the molecule is COC1(C#N)C=CC(OCC(F)(c2ccc(C#N)cc2)c2cncn2C)=C(c2ccccc2)C1. The minimum Gasteiger partial charge on any atom is -0.489 e. The topological polar surface area (TPSA) is 83.9 Å². The summed E-state index contributed by atoms with van der Waals surface area (Å²) in [7, 11) is 3.21. The Morgan fingerprint density at radius 2 is 1.88 bits per heavy atom. The molecule has 0 bridgehead atoms. The Hall–Kier alpha value is -4.20. The maximum Gasteiger partial charge on any atom is 0.210 e. The summed E-state index contributed by atoms with van der Waals surface area (Å²) in [6, 6.07) is 20.1. The van der Waals surface area contributed by atoms with Crippen molar-refractivity contribution in [1.29, 1.82) is 10.5 Å². The number of hydrogen-bond acceptors (Lipinski definition) is 5. The van der Waals surface area contributed by atoms with Gasteiger partial charge in [0.05, 0.1) is 29.9 Å². The van der Waals surface area contributed by atoms with Gasteiger partial charge in [-0.3, -0.25) is 0 Å². The Labute approximate surface area is 197 Å². The summed E-state index contributed by atoms with van der Waals surface area (Å²) in [5, 5.41) is 18.8. The molecule has 170 valence electrons. The molecule has 0 amide bonds. The highest BCUT2D eigenvalue weighted by molar-refractivity contribution is 5.73. The van der Waals surface area contributed by atoms with Gasteiger partial charge in [0, 0.05) is 26.2 Å². The van der Waals surface area contributed by atoms with Crippen LogP contribution in [0.3, 0.4) is 0 Å². The Balaban J connectivity index is 1.74. The third-order valence-electron chi connectivity index (χ3n) is 6.04. The number of nitrogens with zero attached hydrogens (tertiary/aromatic N) is 4. The Bertz CT molecular complexity index is 1320.